The van der Waals surface area contributed by atoms with Gasteiger partial charge in [-0.2, -0.15) is 10.2 Å². The van der Waals surface area contributed by atoms with E-state index in [2.05, 4.69) is 42.1 Å². The van der Waals surface area contributed by atoms with Crippen LogP contribution >= 0.6 is 31.9 Å². The first kappa shape index (κ1) is 14.7. The molecule has 0 aliphatic heterocycles. The highest BCUT2D eigenvalue weighted by molar-refractivity contribution is 9.10. The Morgan fingerprint density at radius 2 is 0.950 bits per heavy atom. The molecule has 0 heterocycles. The van der Waals surface area contributed by atoms with E-state index in [9.17, 15) is 0 Å². The predicted molar refractivity (Wildman–Crippen MR) is 89.7 cm³/mol. The Morgan fingerprint density at radius 3 is 1.20 bits per heavy atom. The van der Waals surface area contributed by atoms with Crippen LogP contribution in [0.3, 0.4) is 0 Å². The van der Waals surface area contributed by atoms with Crippen LogP contribution in [-0.2, 0) is 0 Å². The van der Waals surface area contributed by atoms with Gasteiger partial charge in [0.05, 0.1) is 0 Å². The van der Waals surface area contributed by atoms with Gasteiger partial charge < -0.3 is 11.7 Å². The maximum Gasteiger partial charge on any atom is 0.118 e. The van der Waals surface area contributed by atoms with Gasteiger partial charge >= 0.3 is 0 Å². The molecule has 0 amide bonds. The van der Waals surface area contributed by atoms with Crippen molar-refractivity contribution < 1.29 is 0 Å². The van der Waals surface area contributed by atoms with E-state index >= 15 is 0 Å². The normalized spacial score (nSPS) is 12.5. The zero-order valence-corrected chi connectivity index (χ0v) is 13.6. The molecule has 0 atom stereocenters. The second-order valence-corrected chi connectivity index (χ2v) is 5.80. The summed E-state index contributed by atoms with van der Waals surface area (Å²) in [7, 11) is 0. The molecule has 0 fully saturated rings. The van der Waals surface area contributed by atoms with E-state index in [0.29, 0.717) is 11.4 Å². The van der Waals surface area contributed by atoms with Crippen molar-refractivity contribution in [2.75, 3.05) is 0 Å². The second kappa shape index (κ2) is 6.67. The summed E-state index contributed by atoms with van der Waals surface area (Å²) in [6.07, 6.45) is 0. The van der Waals surface area contributed by atoms with Crippen LogP contribution in [0.1, 0.15) is 11.1 Å². The van der Waals surface area contributed by atoms with Crippen molar-refractivity contribution in [2.24, 2.45) is 21.9 Å². The van der Waals surface area contributed by atoms with Crippen LogP contribution in [0.4, 0.5) is 0 Å². The highest BCUT2D eigenvalue weighted by Crippen LogP contribution is 2.16. The van der Waals surface area contributed by atoms with Crippen LogP contribution in [0.2, 0.25) is 0 Å². The zero-order chi connectivity index (χ0) is 14.5. The molecule has 20 heavy (non-hydrogen) atoms. The molecule has 102 valence electrons. The van der Waals surface area contributed by atoms with Crippen LogP contribution in [0.25, 0.3) is 0 Å². The second-order valence-electron chi connectivity index (χ2n) is 3.97. The maximum absolute atomic E-state index is 5.52. The smallest absolute Gasteiger partial charge is 0.118 e. The molecule has 0 saturated heterocycles. The lowest BCUT2D eigenvalue weighted by molar-refractivity contribution is 1.23. The van der Waals surface area contributed by atoms with Gasteiger partial charge in [-0.15, -0.1) is 0 Å². The molecule has 2 rings (SSSR count). The molecular weight excluding hydrogens is 384 g/mol. The number of nitrogens with zero attached hydrogens (tertiary/aromatic N) is 2. The van der Waals surface area contributed by atoms with Gasteiger partial charge in [-0.1, -0.05) is 56.1 Å². The molecule has 0 spiro atoms. The third-order valence-electron chi connectivity index (χ3n) is 2.72. The maximum atomic E-state index is 5.52. The van der Waals surface area contributed by atoms with Crippen LogP contribution in [0, 0.1) is 0 Å². The first-order valence-electron chi connectivity index (χ1n) is 5.73. The van der Waals surface area contributed by atoms with E-state index in [4.69, 9.17) is 11.7 Å². The quantitative estimate of drug-likeness (QED) is 0.475. The third-order valence-corrected chi connectivity index (χ3v) is 3.78. The predicted octanol–water partition coefficient (Wildman–Crippen LogP) is 3.24. The molecule has 0 aromatic heterocycles. The molecule has 6 heteroatoms. The highest BCUT2D eigenvalue weighted by atomic mass is 79.9. The molecule has 2 aromatic rings. The van der Waals surface area contributed by atoms with Crippen LogP contribution in [0.15, 0.2) is 67.7 Å². The molecule has 0 saturated carbocycles. The Kier molecular flexibility index (Phi) is 4.92. The summed E-state index contributed by atoms with van der Waals surface area (Å²) in [6.45, 7) is 0. The largest absolute Gasteiger partial charge is 0.323 e. The minimum absolute atomic E-state index is 0.544. The number of halogens is 2. The van der Waals surface area contributed by atoms with Gasteiger partial charge in [0, 0.05) is 20.1 Å². The standard InChI is InChI=1S/C14H12Br2N4/c15-11-5-1-9(2-6-11)13(19-17)14(20-18)10-3-7-12(16)8-4-10/h1-8H,17-18H2/b19-13+,20-14+. The summed E-state index contributed by atoms with van der Waals surface area (Å²) in [5.74, 6) is 11.0. The highest BCUT2D eigenvalue weighted by Gasteiger charge is 2.14. The van der Waals surface area contributed by atoms with Crippen LogP contribution < -0.4 is 11.7 Å². The Balaban J connectivity index is 2.44. The molecule has 4 nitrogen and oxygen atoms in total. The fourth-order valence-corrected chi connectivity index (χ4v) is 2.29. The fraction of sp³-hybridized carbons (Fsp3) is 0. The summed E-state index contributed by atoms with van der Waals surface area (Å²) in [4.78, 5) is 0. The van der Waals surface area contributed by atoms with E-state index in [1.54, 1.807) is 0 Å². The average Bonchev–Trinajstić information content (AvgIpc) is 2.47. The monoisotopic (exact) mass is 394 g/mol. The van der Waals surface area contributed by atoms with Crippen molar-refractivity contribution in [1.29, 1.82) is 0 Å². The van der Waals surface area contributed by atoms with Crippen molar-refractivity contribution >= 4 is 43.3 Å². The van der Waals surface area contributed by atoms with E-state index in [0.717, 1.165) is 20.1 Å². The number of rotatable bonds is 3. The van der Waals surface area contributed by atoms with Gasteiger partial charge in [-0.3, -0.25) is 0 Å². The number of hydrogen-bond donors (Lipinski definition) is 2. The third kappa shape index (κ3) is 3.26. The molecule has 0 bridgehead atoms. The van der Waals surface area contributed by atoms with Crippen molar-refractivity contribution in [3.63, 3.8) is 0 Å². The average molecular weight is 396 g/mol. The van der Waals surface area contributed by atoms with Gasteiger partial charge in [0.1, 0.15) is 11.4 Å². The molecular formula is C14H12Br2N4. The van der Waals surface area contributed by atoms with Crippen LogP contribution in [0.5, 0.6) is 0 Å². The summed E-state index contributed by atoms with van der Waals surface area (Å²) < 4.78 is 1.96. The molecule has 0 radical (unpaired) electrons. The Morgan fingerprint density at radius 1 is 0.650 bits per heavy atom. The minimum Gasteiger partial charge on any atom is -0.323 e. The summed E-state index contributed by atoms with van der Waals surface area (Å²) in [6, 6.07) is 15.3. The SMILES string of the molecule is N/N=C(/C(=N/N)c1ccc(Br)cc1)c1ccc(Br)cc1. The topological polar surface area (TPSA) is 76.8 Å². The van der Waals surface area contributed by atoms with Crippen molar-refractivity contribution in [2.45, 2.75) is 0 Å². The van der Waals surface area contributed by atoms with E-state index in [1.165, 1.54) is 0 Å². The van der Waals surface area contributed by atoms with E-state index in [-0.39, 0.29) is 0 Å². The Hall–Kier alpha value is -1.66. The van der Waals surface area contributed by atoms with Gasteiger partial charge in [-0.25, -0.2) is 0 Å². The van der Waals surface area contributed by atoms with Crippen molar-refractivity contribution in [3.8, 4) is 0 Å². The number of hydrazone groups is 2. The zero-order valence-electron chi connectivity index (χ0n) is 10.4. The van der Waals surface area contributed by atoms with Crippen molar-refractivity contribution in [3.05, 3.63) is 68.6 Å². The lowest BCUT2D eigenvalue weighted by Gasteiger charge is -2.09. The molecule has 4 N–H and O–H groups in total. The Labute approximate surface area is 133 Å². The van der Waals surface area contributed by atoms with Gasteiger partial charge in [-0.05, 0) is 24.3 Å². The summed E-state index contributed by atoms with van der Waals surface area (Å²) >= 11 is 6.78. The molecule has 0 unspecified atom stereocenters. The number of hydrogen-bond acceptors (Lipinski definition) is 4. The fourth-order valence-electron chi connectivity index (χ4n) is 1.76. The summed E-state index contributed by atoms with van der Waals surface area (Å²) in [5.41, 5.74) is 2.79. The first-order chi connectivity index (χ1) is 9.65. The lowest BCUT2D eigenvalue weighted by atomic mass is 10.00. The van der Waals surface area contributed by atoms with Gasteiger partial charge in [0.25, 0.3) is 0 Å². The first-order valence-corrected chi connectivity index (χ1v) is 7.32. The number of benzene rings is 2. The summed E-state index contributed by atoms with van der Waals surface area (Å²) in [5, 5.41) is 7.67. The van der Waals surface area contributed by atoms with Gasteiger partial charge in [0.15, 0.2) is 0 Å². The van der Waals surface area contributed by atoms with Gasteiger partial charge in [0.2, 0.25) is 0 Å². The van der Waals surface area contributed by atoms with Crippen LogP contribution in [-0.4, -0.2) is 11.4 Å². The van der Waals surface area contributed by atoms with E-state index in [1.807, 2.05) is 48.5 Å². The minimum atomic E-state index is 0.544. The lowest BCUT2D eigenvalue weighted by Crippen LogP contribution is -2.20. The molecule has 0 aliphatic rings. The Bertz CT molecular complexity index is 586. The van der Waals surface area contributed by atoms with Crippen molar-refractivity contribution in [1.82, 2.24) is 0 Å². The molecule has 0 aliphatic carbocycles. The number of nitrogens with two attached hydrogens (primary N) is 2. The molecule has 2 aromatic carbocycles. The van der Waals surface area contributed by atoms with E-state index < -0.39 is 0 Å².